The van der Waals surface area contributed by atoms with Gasteiger partial charge in [0.2, 0.25) is 0 Å². The minimum absolute atomic E-state index is 0. The SMILES string of the molecule is C.C.C.C.C.C.C.C.C.C.C1=CC2CCC1C2.C1=CCCCC1.C1C2CC3CC1CC(C2)C3.C1CC1.C1CC2CCC1C2.C1CCC1.C1CCC2CCCCC2C1.C1CCCC1.C1CCCCC1.C1CCCCCC1. The number of fused-ring (bicyclic) bond motifs is 5. The zero-order valence-corrected chi connectivity index (χ0v) is 44.1. The monoisotopic (exact) mass is 1060 g/mol. The van der Waals surface area contributed by atoms with Crippen molar-refractivity contribution in [3.05, 3.63) is 24.3 Å². The molecule has 0 aromatic heterocycles. The van der Waals surface area contributed by atoms with Gasteiger partial charge in [0.15, 0.2) is 0 Å². The second kappa shape index (κ2) is 54.1. The highest BCUT2D eigenvalue weighted by Crippen LogP contribution is 2.53. The molecule has 2 unspecified atom stereocenters. The molecule has 0 radical (unpaired) electrons. The lowest BCUT2D eigenvalue weighted by Crippen LogP contribution is -2.38. The molecule has 0 N–H and O–H groups in total. The summed E-state index contributed by atoms with van der Waals surface area (Å²) in [6, 6.07) is 0. The first-order valence-electron chi connectivity index (χ1n) is 31.6. The lowest BCUT2D eigenvalue weighted by atomic mass is 9.56. The smallest absolute Gasteiger partial charge is 0.0228 e. The van der Waals surface area contributed by atoms with Crippen LogP contribution < -0.4 is 0 Å². The van der Waals surface area contributed by atoms with E-state index in [9.17, 15) is 0 Å². The van der Waals surface area contributed by atoms with Crippen molar-refractivity contribution in [1.29, 1.82) is 0 Å². The normalized spacial score (nSPS) is 31.6. The van der Waals surface area contributed by atoms with Gasteiger partial charge in [0.25, 0.3) is 0 Å². The fourth-order valence-corrected chi connectivity index (χ4v) is 14.9. The molecular formula is C75H156. The predicted octanol–water partition coefficient (Wildman–Crippen LogP) is 28.6. The van der Waals surface area contributed by atoms with E-state index in [0.717, 1.165) is 23.7 Å². The molecule has 0 saturated heterocycles. The molecule has 0 spiro atoms. The first-order chi connectivity index (χ1) is 32.3. The fraction of sp³-hybridized carbons (Fsp3) is 0.947. The number of hydrogen-bond acceptors (Lipinski definition) is 0. The van der Waals surface area contributed by atoms with E-state index in [1.54, 1.807) is 96.3 Å². The molecule has 456 valence electrons. The van der Waals surface area contributed by atoms with Crippen molar-refractivity contribution >= 4 is 0 Å². The molecule has 16 rings (SSSR count). The van der Waals surface area contributed by atoms with Gasteiger partial charge in [0.1, 0.15) is 0 Å². The van der Waals surface area contributed by atoms with E-state index in [4.69, 9.17) is 0 Å². The van der Waals surface area contributed by atoms with Crippen LogP contribution in [0.25, 0.3) is 0 Å². The van der Waals surface area contributed by atoms with Gasteiger partial charge in [-0.2, -0.15) is 0 Å². The van der Waals surface area contributed by atoms with Crippen LogP contribution in [-0.2, 0) is 0 Å². The van der Waals surface area contributed by atoms with Gasteiger partial charge in [-0.25, -0.2) is 0 Å². The minimum Gasteiger partial charge on any atom is -0.0885 e. The summed E-state index contributed by atoms with van der Waals surface area (Å²) in [6.45, 7) is 0. The Balaban J connectivity index is -0.000000242. The molecule has 0 nitrogen and oxygen atoms in total. The Morgan fingerprint density at radius 3 is 0.493 bits per heavy atom. The van der Waals surface area contributed by atoms with Gasteiger partial charge in [0, 0.05) is 0 Å². The maximum absolute atomic E-state index is 2.38. The van der Waals surface area contributed by atoms with Gasteiger partial charge >= 0.3 is 0 Å². The number of allylic oxidation sites excluding steroid dienone is 4. The average molecular weight is 1060 g/mol. The van der Waals surface area contributed by atoms with Crippen LogP contribution in [0.1, 0.15) is 402 Å². The summed E-state index contributed by atoms with van der Waals surface area (Å²) in [5.41, 5.74) is 0. The van der Waals surface area contributed by atoms with Gasteiger partial charge < -0.3 is 0 Å². The Hall–Kier alpha value is -0.520. The molecule has 0 aromatic rings. The van der Waals surface area contributed by atoms with Gasteiger partial charge in [0.05, 0.1) is 0 Å². The van der Waals surface area contributed by atoms with E-state index in [2.05, 4.69) is 24.3 Å². The van der Waals surface area contributed by atoms with E-state index in [1.165, 1.54) is 267 Å². The molecule has 0 heteroatoms. The molecule has 0 amide bonds. The standard InChI is InChI=1S/C10H16.C10H18.C7H12.C7H10.C7H14.C6H12.C6H10.C5H10.C4H8.C3H6.10CH4/c1-7-2-9-4-8(1)5-10(3-7)6-9;1-2-6-10-8-4-3-7-9(10)5-1;2*1-2-7-4-3-6(1)5-7;1-2-4-6-7-5-3-1;2*1-2-4-6-5-3-1;1-2-4-5-3-1;1-2-4-3-1;1-2-3-1;;;;;;;;;;/h7-10H,1-6H2;9-10H,1-8H2;6-7H,1-5H2;1-2,6-7H,3-5H2;1-7H2;1-6H2;1-2H,3-6H2;1-5H2;1-4H2;1-3H2;10*1H4. The summed E-state index contributed by atoms with van der Waals surface area (Å²) in [7, 11) is 0. The van der Waals surface area contributed by atoms with Gasteiger partial charge in [-0.05, 0) is 149 Å². The molecule has 14 fully saturated rings. The van der Waals surface area contributed by atoms with Crippen molar-refractivity contribution in [2.45, 2.75) is 402 Å². The Morgan fingerprint density at radius 2 is 0.373 bits per heavy atom. The topological polar surface area (TPSA) is 0 Å². The van der Waals surface area contributed by atoms with Crippen LogP contribution >= 0.6 is 0 Å². The van der Waals surface area contributed by atoms with Gasteiger partial charge in [-0.1, -0.05) is 336 Å². The predicted molar refractivity (Wildman–Crippen MR) is 356 cm³/mol. The largest absolute Gasteiger partial charge is 0.0885 e. The summed E-state index contributed by atoms with van der Waals surface area (Å²) in [5, 5.41) is 0. The second-order valence-corrected chi connectivity index (χ2v) is 25.4. The van der Waals surface area contributed by atoms with E-state index >= 15 is 0 Å². The first-order valence-corrected chi connectivity index (χ1v) is 31.6. The van der Waals surface area contributed by atoms with E-state index < -0.39 is 0 Å². The van der Waals surface area contributed by atoms with Crippen LogP contribution in [0.4, 0.5) is 0 Å². The lowest BCUT2D eigenvalue weighted by molar-refractivity contribution is 0.0198. The molecule has 16 aliphatic carbocycles. The second-order valence-electron chi connectivity index (χ2n) is 25.4. The summed E-state index contributed by atoms with van der Waals surface area (Å²) >= 11 is 0. The molecule has 14 saturated carbocycles. The quantitative estimate of drug-likeness (QED) is 0.168. The molecule has 16 aliphatic rings. The first kappa shape index (κ1) is 83.3. The van der Waals surface area contributed by atoms with Crippen molar-refractivity contribution in [3.63, 3.8) is 0 Å². The molecule has 0 aliphatic heterocycles. The summed E-state index contributed by atoms with van der Waals surface area (Å²) in [6.07, 6.45) is 86.5. The Bertz CT molecular complexity index is 994. The van der Waals surface area contributed by atoms with E-state index in [1.807, 2.05) is 0 Å². The van der Waals surface area contributed by atoms with Crippen LogP contribution in [0.5, 0.6) is 0 Å². The molecule has 0 heterocycles. The highest BCUT2D eigenvalue weighted by Gasteiger charge is 2.41. The van der Waals surface area contributed by atoms with Crippen LogP contribution in [0.2, 0.25) is 0 Å². The van der Waals surface area contributed by atoms with Gasteiger partial charge in [-0.3, -0.25) is 0 Å². The summed E-state index contributed by atoms with van der Waals surface area (Å²) < 4.78 is 0. The maximum Gasteiger partial charge on any atom is -0.0228 e. The molecule has 8 bridgehead atoms. The highest BCUT2D eigenvalue weighted by atomic mass is 14.5. The summed E-state index contributed by atoms with van der Waals surface area (Å²) in [5.74, 6) is 11.3. The van der Waals surface area contributed by atoms with Crippen molar-refractivity contribution < 1.29 is 0 Å². The number of hydrogen-bond donors (Lipinski definition) is 0. The zero-order chi connectivity index (χ0) is 44.7. The Morgan fingerprint density at radius 1 is 0.173 bits per heavy atom. The summed E-state index contributed by atoms with van der Waals surface area (Å²) in [4.78, 5) is 0. The Labute approximate surface area is 482 Å². The third-order valence-electron chi connectivity index (χ3n) is 19.3. The van der Waals surface area contributed by atoms with E-state index in [-0.39, 0.29) is 74.3 Å². The van der Waals surface area contributed by atoms with Crippen LogP contribution in [0, 0.1) is 59.2 Å². The van der Waals surface area contributed by atoms with Gasteiger partial charge in [-0.15, -0.1) is 0 Å². The minimum atomic E-state index is 0. The zero-order valence-electron chi connectivity index (χ0n) is 44.1. The molecule has 0 aromatic carbocycles. The van der Waals surface area contributed by atoms with Crippen molar-refractivity contribution in [3.8, 4) is 0 Å². The average Bonchev–Trinajstić information content (AvgIpc) is 3.75. The Kier molecular flexibility index (Phi) is 60.1. The van der Waals surface area contributed by atoms with Crippen molar-refractivity contribution in [1.82, 2.24) is 0 Å². The van der Waals surface area contributed by atoms with Crippen LogP contribution in [0.3, 0.4) is 0 Å². The third-order valence-corrected chi connectivity index (χ3v) is 19.3. The number of rotatable bonds is 0. The maximum atomic E-state index is 2.38. The fourth-order valence-electron chi connectivity index (χ4n) is 14.9. The highest BCUT2D eigenvalue weighted by molar-refractivity contribution is 5.06. The van der Waals surface area contributed by atoms with Crippen molar-refractivity contribution in [2.24, 2.45) is 59.2 Å². The molecule has 75 heavy (non-hydrogen) atoms. The van der Waals surface area contributed by atoms with Crippen LogP contribution in [-0.4, -0.2) is 0 Å². The van der Waals surface area contributed by atoms with Crippen LogP contribution in [0.15, 0.2) is 24.3 Å². The lowest BCUT2D eigenvalue weighted by Gasteiger charge is -2.49. The third kappa shape index (κ3) is 38.7. The van der Waals surface area contributed by atoms with Crippen molar-refractivity contribution in [2.75, 3.05) is 0 Å². The molecule has 2 atom stereocenters. The van der Waals surface area contributed by atoms with E-state index in [0.29, 0.717) is 0 Å². The molecular weight excluding hydrogens is 901 g/mol.